The number of pyridine rings is 1. The maximum atomic E-state index is 8.86. The Hall–Kier alpha value is -1.11. The number of halogens is 1. The SMILES string of the molecule is CN1CCc2cc(C#N)c(Cl)nc2CC1. The second-order valence-corrected chi connectivity index (χ2v) is 4.21. The summed E-state index contributed by atoms with van der Waals surface area (Å²) in [5.74, 6) is 0. The maximum Gasteiger partial charge on any atom is 0.147 e. The smallest absolute Gasteiger partial charge is 0.147 e. The van der Waals surface area contributed by atoms with Crippen molar-refractivity contribution < 1.29 is 0 Å². The van der Waals surface area contributed by atoms with Crippen LogP contribution in [0.1, 0.15) is 16.8 Å². The molecule has 15 heavy (non-hydrogen) atoms. The largest absolute Gasteiger partial charge is 0.306 e. The van der Waals surface area contributed by atoms with Crippen LogP contribution >= 0.6 is 11.6 Å². The van der Waals surface area contributed by atoms with Crippen molar-refractivity contribution in [2.45, 2.75) is 12.8 Å². The molecular formula is C11H12ClN3. The molecule has 1 aliphatic rings. The van der Waals surface area contributed by atoms with E-state index >= 15 is 0 Å². The lowest BCUT2D eigenvalue weighted by Gasteiger charge is -2.10. The zero-order valence-corrected chi connectivity index (χ0v) is 9.38. The van der Waals surface area contributed by atoms with Crippen LogP contribution in [0.15, 0.2) is 6.07 Å². The number of aromatic nitrogens is 1. The van der Waals surface area contributed by atoms with E-state index in [1.54, 1.807) is 0 Å². The van der Waals surface area contributed by atoms with Crippen LogP contribution < -0.4 is 0 Å². The summed E-state index contributed by atoms with van der Waals surface area (Å²) in [6, 6.07) is 3.95. The molecular weight excluding hydrogens is 210 g/mol. The standard InChI is InChI=1S/C11H12ClN3/c1-15-4-2-8-6-9(7-13)11(12)14-10(8)3-5-15/h6H,2-5H2,1H3. The average molecular weight is 222 g/mol. The third-order valence-corrected chi connectivity index (χ3v) is 3.05. The Morgan fingerprint density at radius 1 is 1.47 bits per heavy atom. The molecule has 0 fully saturated rings. The van der Waals surface area contributed by atoms with Gasteiger partial charge in [-0.2, -0.15) is 5.26 Å². The van der Waals surface area contributed by atoms with Gasteiger partial charge in [0.2, 0.25) is 0 Å². The predicted molar refractivity (Wildman–Crippen MR) is 58.9 cm³/mol. The zero-order chi connectivity index (χ0) is 10.8. The van der Waals surface area contributed by atoms with Crippen molar-refractivity contribution in [2.24, 2.45) is 0 Å². The molecule has 1 aliphatic heterocycles. The van der Waals surface area contributed by atoms with Crippen LogP contribution in [-0.4, -0.2) is 30.0 Å². The van der Waals surface area contributed by atoms with E-state index in [4.69, 9.17) is 16.9 Å². The molecule has 0 amide bonds. The molecule has 2 heterocycles. The number of rotatable bonds is 0. The lowest BCUT2D eigenvalue weighted by molar-refractivity contribution is 0.352. The van der Waals surface area contributed by atoms with Crippen LogP contribution in [0.4, 0.5) is 0 Å². The minimum atomic E-state index is 0.334. The van der Waals surface area contributed by atoms with E-state index in [1.807, 2.05) is 6.07 Å². The first-order valence-corrected chi connectivity index (χ1v) is 5.35. The molecule has 3 nitrogen and oxygen atoms in total. The molecule has 0 unspecified atom stereocenters. The van der Waals surface area contributed by atoms with Gasteiger partial charge in [0.15, 0.2) is 0 Å². The van der Waals surface area contributed by atoms with Crippen molar-refractivity contribution >= 4 is 11.6 Å². The molecule has 1 aromatic heterocycles. The van der Waals surface area contributed by atoms with E-state index in [-0.39, 0.29) is 0 Å². The van der Waals surface area contributed by atoms with Crippen molar-refractivity contribution in [3.63, 3.8) is 0 Å². The van der Waals surface area contributed by atoms with E-state index in [9.17, 15) is 0 Å². The summed E-state index contributed by atoms with van der Waals surface area (Å²) < 4.78 is 0. The number of likely N-dealkylation sites (N-methyl/N-ethyl adjacent to an activating group) is 1. The Labute approximate surface area is 94.3 Å². The van der Waals surface area contributed by atoms with Crippen LogP contribution in [0.3, 0.4) is 0 Å². The summed E-state index contributed by atoms with van der Waals surface area (Å²) in [6.07, 6.45) is 1.86. The van der Waals surface area contributed by atoms with E-state index < -0.39 is 0 Å². The fourth-order valence-electron chi connectivity index (χ4n) is 1.80. The topological polar surface area (TPSA) is 39.9 Å². The van der Waals surface area contributed by atoms with Crippen LogP contribution in [0.25, 0.3) is 0 Å². The first-order chi connectivity index (χ1) is 7.20. The average Bonchev–Trinajstić information content (AvgIpc) is 2.40. The highest BCUT2D eigenvalue weighted by atomic mass is 35.5. The molecule has 0 aliphatic carbocycles. The normalized spacial score (nSPS) is 16.6. The summed E-state index contributed by atoms with van der Waals surface area (Å²) in [6.45, 7) is 2.02. The number of hydrogen-bond donors (Lipinski definition) is 0. The second-order valence-electron chi connectivity index (χ2n) is 3.85. The van der Waals surface area contributed by atoms with Crippen molar-refractivity contribution in [2.75, 3.05) is 20.1 Å². The van der Waals surface area contributed by atoms with E-state index in [1.165, 1.54) is 5.56 Å². The maximum absolute atomic E-state index is 8.86. The van der Waals surface area contributed by atoms with E-state index in [2.05, 4.69) is 23.0 Å². The Bertz CT molecular complexity index is 423. The molecule has 2 rings (SSSR count). The number of nitrogens with zero attached hydrogens (tertiary/aromatic N) is 3. The molecule has 0 radical (unpaired) electrons. The molecule has 1 aromatic rings. The molecule has 0 saturated heterocycles. The third-order valence-electron chi connectivity index (χ3n) is 2.76. The van der Waals surface area contributed by atoms with Gasteiger partial charge in [0.25, 0.3) is 0 Å². The van der Waals surface area contributed by atoms with Crippen LogP contribution in [0.5, 0.6) is 0 Å². The lowest BCUT2D eigenvalue weighted by Crippen LogP contribution is -2.20. The van der Waals surface area contributed by atoms with Gasteiger partial charge in [0.05, 0.1) is 5.56 Å². The Kier molecular flexibility index (Phi) is 2.90. The van der Waals surface area contributed by atoms with Crippen molar-refractivity contribution in [1.82, 2.24) is 9.88 Å². The van der Waals surface area contributed by atoms with Crippen molar-refractivity contribution in [1.29, 1.82) is 5.26 Å². The van der Waals surface area contributed by atoms with Gasteiger partial charge in [0.1, 0.15) is 11.2 Å². The molecule has 0 atom stereocenters. The van der Waals surface area contributed by atoms with Gasteiger partial charge in [-0.15, -0.1) is 0 Å². The van der Waals surface area contributed by atoms with E-state index in [0.29, 0.717) is 10.7 Å². The van der Waals surface area contributed by atoms with Crippen LogP contribution in [-0.2, 0) is 12.8 Å². The molecule has 0 saturated carbocycles. The summed E-state index contributed by atoms with van der Waals surface area (Å²) >= 11 is 5.90. The molecule has 78 valence electrons. The minimum absolute atomic E-state index is 0.334. The van der Waals surface area contributed by atoms with Crippen LogP contribution in [0.2, 0.25) is 5.15 Å². The van der Waals surface area contributed by atoms with Gasteiger partial charge >= 0.3 is 0 Å². The Balaban J connectivity index is 2.41. The predicted octanol–water partition coefficient (Wildman–Crippen LogP) is 1.64. The van der Waals surface area contributed by atoms with Gasteiger partial charge in [-0.25, -0.2) is 4.98 Å². The second kappa shape index (κ2) is 4.18. The zero-order valence-electron chi connectivity index (χ0n) is 8.63. The van der Waals surface area contributed by atoms with Gasteiger partial charge < -0.3 is 4.90 Å². The monoisotopic (exact) mass is 221 g/mol. The molecule has 4 heteroatoms. The summed E-state index contributed by atoms with van der Waals surface area (Å²) in [5.41, 5.74) is 2.70. The molecule has 0 aromatic carbocycles. The first-order valence-electron chi connectivity index (χ1n) is 4.97. The van der Waals surface area contributed by atoms with Crippen molar-refractivity contribution in [3.8, 4) is 6.07 Å². The highest BCUT2D eigenvalue weighted by Crippen LogP contribution is 2.20. The van der Waals surface area contributed by atoms with E-state index in [0.717, 1.165) is 31.6 Å². The van der Waals surface area contributed by atoms with Crippen molar-refractivity contribution in [3.05, 3.63) is 28.0 Å². The number of fused-ring (bicyclic) bond motifs is 1. The number of nitriles is 1. The molecule has 0 bridgehead atoms. The van der Waals surface area contributed by atoms with Gasteiger partial charge in [-0.1, -0.05) is 11.6 Å². The molecule has 0 spiro atoms. The fourth-order valence-corrected chi connectivity index (χ4v) is 2.00. The third kappa shape index (κ3) is 2.11. The van der Waals surface area contributed by atoms with Crippen LogP contribution in [0, 0.1) is 11.3 Å². The van der Waals surface area contributed by atoms with Gasteiger partial charge in [-0.05, 0) is 25.1 Å². The highest BCUT2D eigenvalue weighted by molar-refractivity contribution is 6.30. The summed E-state index contributed by atoms with van der Waals surface area (Å²) in [4.78, 5) is 6.56. The first kappa shape index (κ1) is 10.4. The quantitative estimate of drug-likeness (QED) is 0.626. The molecule has 0 N–H and O–H groups in total. The fraction of sp³-hybridized carbons (Fsp3) is 0.455. The highest BCUT2D eigenvalue weighted by Gasteiger charge is 2.14. The van der Waals surface area contributed by atoms with Gasteiger partial charge in [-0.3, -0.25) is 0 Å². The Morgan fingerprint density at radius 3 is 2.93 bits per heavy atom. The Morgan fingerprint density at radius 2 is 2.20 bits per heavy atom. The minimum Gasteiger partial charge on any atom is -0.306 e. The number of hydrogen-bond acceptors (Lipinski definition) is 3. The van der Waals surface area contributed by atoms with Gasteiger partial charge in [0, 0.05) is 25.2 Å². The summed E-state index contributed by atoms with van der Waals surface area (Å²) in [7, 11) is 2.10. The summed E-state index contributed by atoms with van der Waals surface area (Å²) in [5, 5.41) is 9.19. The lowest BCUT2D eigenvalue weighted by atomic mass is 10.1.